The van der Waals surface area contributed by atoms with Gasteiger partial charge >= 0.3 is 5.97 Å². The van der Waals surface area contributed by atoms with Gasteiger partial charge in [-0.3, -0.25) is 19.3 Å². The molecule has 2 aromatic carbocycles. The van der Waals surface area contributed by atoms with Crippen LogP contribution in [0.5, 0.6) is 11.5 Å². The summed E-state index contributed by atoms with van der Waals surface area (Å²) in [7, 11) is 0. The lowest BCUT2D eigenvalue weighted by Gasteiger charge is -2.12. The molecule has 0 atom stereocenters. The SMILES string of the molecule is CCCCN1C(=O)c2ccc(C(=O)OCC(=O)Nc3ccc4c(c3)OCO4)cc2C1=O. The van der Waals surface area contributed by atoms with Gasteiger partial charge in [-0.15, -0.1) is 0 Å². The van der Waals surface area contributed by atoms with Gasteiger partial charge in [-0.2, -0.15) is 0 Å². The number of carbonyl (C=O) groups excluding carboxylic acids is 4. The van der Waals surface area contributed by atoms with Crippen LogP contribution >= 0.6 is 0 Å². The quantitative estimate of drug-likeness (QED) is 0.537. The molecule has 2 aliphatic heterocycles. The number of nitrogens with zero attached hydrogens (tertiary/aromatic N) is 1. The summed E-state index contributed by atoms with van der Waals surface area (Å²) in [6.45, 7) is 1.91. The van der Waals surface area contributed by atoms with Crippen molar-refractivity contribution in [3.05, 3.63) is 53.1 Å². The number of ether oxygens (including phenoxy) is 3. The first-order valence-corrected chi connectivity index (χ1v) is 9.85. The Balaban J connectivity index is 1.36. The summed E-state index contributed by atoms with van der Waals surface area (Å²) in [6.07, 6.45) is 1.55. The van der Waals surface area contributed by atoms with Crippen LogP contribution in [0.1, 0.15) is 50.8 Å². The molecule has 3 amide bonds. The van der Waals surface area contributed by atoms with Crippen LogP contribution in [-0.2, 0) is 9.53 Å². The fourth-order valence-corrected chi connectivity index (χ4v) is 3.32. The topological polar surface area (TPSA) is 111 Å². The number of unbranched alkanes of at least 4 members (excludes halogenated alkanes) is 1. The van der Waals surface area contributed by atoms with Gasteiger partial charge < -0.3 is 19.5 Å². The Morgan fingerprint density at radius 3 is 2.61 bits per heavy atom. The van der Waals surface area contributed by atoms with Gasteiger partial charge in [-0.05, 0) is 36.8 Å². The second-order valence-electron chi connectivity index (χ2n) is 7.07. The van der Waals surface area contributed by atoms with E-state index in [1.54, 1.807) is 18.2 Å². The maximum absolute atomic E-state index is 12.5. The Bertz CT molecular complexity index is 1080. The van der Waals surface area contributed by atoms with E-state index in [4.69, 9.17) is 14.2 Å². The molecule has 2 heterocycles. The minimum atomic E-state index is -0.768. The molecule has 1 N–H and O–H groups in total. The molecule has 4 rings (SSSR count). The molecule has 0 saturated carbocycles. The van der Waals surface area contributed by atoms with Gasteiger partial charge in [0.25, 0.3) is 17.7 Å². The number of carbonyl (C=O) groups is 4. The van der Waals surface area contributed by atoms with Crippen LogP contribution in [-0.4, -0.2) is 48.5 Å². The minimum absolute atomic E-state index is 0.0909. The van der Waals surface area contributed by atoms with Crippen LogP contribution in [0.2, 0.25) is 0 Å². The predicted molar refractivity (Wildman–Crippen MR) is 108 cm³/mol. The van der Waals surface area contributed by atoms with Crippen LogP contribution < -0.4 is 14.8 Å². The van der Waals surface area contributed by atoms with Crippen molar-refractivity contribution in [3.8, 4) is 11.5 Å². The zero-order valence-corrected chi connectivity index (χ0v) is 16.8. The monoisotopic (exact) mass is 424 g/mol. The van der Waals surface area contributed by atoms with Gasteiger partial charge in [-0.25, -0.2) is 4.79 Å². The van der Waals surface area contributed by atoms with E-state index in [1.807, 2.05) is 6.92 Å². The van der Waals surface area contributed by atoms with Gasteiger partial charge in [0, 0.05) is 18.3 Å². The number of hydrogen-bond donors (Lipinski definition) is 1. The highest BCUT2D eigenvalue weighted by molar-refractivity contribution is 6.22. The first-order valence-electron chi connectivity index (χ1n) is 9.85. The summed E-state index contributed by atoms with van der Waals surface area (Å²) in [5.41, 5.74) is 0.991. The molecular formula is C22H20N2O7. The Kier molecular flexibility index (Phi) is 5.57. The van der Waals surface area contributed by atoms with Crippen molar-refractivity contribution < 1.29 is 33.4 Å². The predicted octanol–water partition coefficient (Wildman–Crippen LogP) is 2.61. The van der Waals surface area contributed by atoms with Crippen LogP contribution in [0.3, 0.4) is 0 Å². The smallest absolute Gasteiger partial charge is 0.338 e. The zero-order chi connectivity index (χ0) is 22.0. The Labute approximate surface area is 177 Å². The maximum atomic E-state index is 12.5. The van der Waals surface area contributed by atoms with Crippen molar-refractivity contribution in [2.24, 2.45) is 0 Å². The lowest BCUT2D eigenvalue weighted by atomic mass is 10.1. The van der Waals surface area contributed by atoms with Gasteiger partial charge in [0.05, 0.1) is 16.7 Å². The van der Waals surface area contributed by atoms with Crippen molar-refractivity contribution >= 4 is 29.4 Å². The number of amides is 3. The summed E-state index contributed by atoms with van der Waals surface area (Å²) in [5, 5.41) is 2.60. The van der Waals surface area contributed by atoms with Crippen molar-refractivity contribution in [1.29, 1.82) is 0 Å². The van der Waals surface area contributed by atoms with E-state index < -0.39 is 24.4 Å². The average Bonchev–Trinajstić information content (AvgIpc) is 3.33. The van der Waals surface area contributed by atoms with Crippen LogP contribution in [0, 0.1) is 0 Å². The second kappa shape index (κ2) is 8.47. The standard InChI is InChI=1S/C22H20N2O7/c1-2-3-8-24-20(26)15-6-4-13(9-16(15)21(24)27)22(28)29-11-19(25)23-14-5-7-17-18(10-14)31-12-30-17/h4-7,9-10H,2-3,8,11-12H2,1H3,(H,23,25). The van der Waals surface area contributed by atoms with Gasteiger partial charge in [0.1, 0.15) is 0 Å². The lowest BCUT2D eigenvalue weighted by Crippen LogP contribution is -2.30. The van der Waals surface area contributed by atoms with Crippen LogP contribution in [0.4, 0.5) is 5.69 Å². The third-order valence-corrected chi connectivity index (χ3v) is 4.93. The van der Waals surface area contributed by atoms with E-state index in [0.717, 1.165) is 6.42 Å². The fraction of sp³-hybridized carbons (Fsp3) is 0.273. The Hall–Kier alpha value is -3.88. The molecule has 0 saturated heterocycles. The van der Waals surface area contributed by atoms with Crippen molar-refractivity contribution in [1.82, 2.24) is 4.90 Å². The van der Waals surface area contributed by atoms with Gasteiger partial charge in [-0.1, -0.05) is 13.3 Å². The third-order valence-electron chi connectivity index (χ3n) is 4.93. The number of rotatable bonds is 7. The van der Waals surface area contributed by atoms with E-state index in [2.05, 4.69) is 5.32 Å². The highest BCUT2D eigenvalue weighted by Crippen LogP contribution is 2.34. The minimum Gasteiger partial charge on any atom is -0.454 e. The number of fused-ring (bicyclic) bond motifs is 2. The maximum Gasteiger partial charge on any atom is 0.338 e. The normalized spacial score (nSPS) is 13.9. The molecule has 0 bridgehead atoms. The van der Waals surface area contributed by atoms with Crippen LogP contribution in [0.15, 0.2) is 36.4 Å². The molecule has 160 valence electrons. The molecule has 0 unspecified atom stereocenters. The number of imide groups is 1. The summed E-state index contributed by atoms with van der Waals surface area (Å²) in [5.74, 6) is -0.996. The molecule has 31 heavy (non-hydrogen) atoms. The highest BCUT2D eigenvalue weighted by atomic mass is 16.7. The molecule has 2 aromatic rings. The number of benzene rings is 2. The molecule has 9 heteroatoms. The van der Waals surface area contributed by atoms with E-state index in [9.17, 15) is 19.2 Å². The number of esters is 1. The number of hydrogen-bond acceptors (Lipinski definition) is 7. The largest absolute Gasteiger partial charge is 0.454 e. The highest BCUT2D eigenvalue weighted by Gasteiger charge is 2.35. The average molecular weight is 424 g/mol. The summed E-state index contributed by atoms with van der Waals surface area (Å²) >= 11 is 0. The second-order valence-corrected chi connectivity index (χ2v) is 7.07. The zero-order valence-electron chi connectivity index (χ0n) is 16.8. The van der Waals surface area contributed by atoms with Gasteiger partial charge in [0.15, 0.2) is 18.1 Å². The summed E-state index contributed by atoms with van der Waals surface area (Å²) in [4.78, 5) is 50.5. The van der Waals surface area contributed by atoms with E-state index in [-0.39, 0.29) is 29.4 Å². The van der Waals surface area contributed by atoms with E-state index >= 15 is 0 Å². The fourth-order valence-electron chi connectivity index (χ4n) is 3.32. The first kappa shape index (κ1) is 20.4. The molecule has 0 aliphatic carbocycles. The van der Waals surface area contributed by atoms with Crippen molar-refractivity contribution in [2.75, 3.05) is 25.3 Å². The first-order chi connectivity index (χ1) is 15.0. The molecule has 0 fully saturated rings. The summed E-state index contributed by atoms with van der Waals surface area (Å²) < 4.78 is 15.5. The summed E-state index contributed by atoms with van der Waals surface area (Å²) in [6, 6.07) is 9.09. The number of nitrogens with one attached hydrogen (secondary N) is 1. The molecule has 9 nitrogen and oxygen atoms in total. The molecule has 0 aromatic heterocycles. The molecule has 2 aliphatic rings. The van der Waals surface area contributed by atoms with E-state index in [0.29, 0.717) is 30.2 Å². The van der Waals surface area contributed by atoms with Crippen molar-refractivity contribution in [2.45, 2.75) is 19.8 Å². The third kappa shape index (κ3) is 4.07. The Morgan fingerprint density at radius 1 is 1.03 bits per heavy atom. The van der Waals surface area contributed by atoms with Crippen LogP contribution in [0.25, 0.3) is 0 Å². The van der Waals surface area contributed by atoms with Crippen molar-refractivity contribution in [3.63, 3.8) is 0 Å². The molecule has 0 radical (unpaired) electrons. The van der Waals surface area contributed by atoms with Gasteiger partial charge in [0.2, 0.25) is 6.79 Å². The molecule has 0 spiro atoms. The van der Waals surface area contributed by atoms with E-state index in [1.165, 1.54) is 23.1 Å². The lowest BCUT2D eigenvalue weighted by molar-refractivity contribution is -0.119. The Morgan fingerprint density at radius 2 is 1.81 bits per heavy atom. The number of anilines is 1. The molecular weight excluding hydrogens is 404 g/mol.